The van der Waals surface area contributed by atoms with Crippen molar-refractivity contribution in [2.45, 2.75) is 36.9 Å². The van der Waals surface area contributed by atoms with Gasteiger partial charge in [0, 0.05) is 29.0 Å². The molecule has 114 valence electrons. The second-order valence-electron chi connectivity index (χ2n) is 4.76. The summed E-state index contributed by atoms with van der Waals surface area (Å²) >= 11 is 6.24. The molecule has 5 nitrogen and oxygen atoms in total. The van der Waals surface area contributed by atoms with E-state index in [1.807, 2.05) is 5.38 Å². The molecular weight excluding hydrogens is 394 g/mol. The number of aromatic nitrogens is 1. The van der Waals surface area contributed by atoms with Crippen molar-refractivity contribution in [3.05, 3.63) is 31.3 Å². The Morgan fingerprint density at radius 3 is 2.86 bits per heavy atom. The Hall–Kier alpha value is -0.320. The zero-order chi connectivity index (χ0) is 14.9. The van der Waals surface area contributed by atoms with Crippen LogP contribution in [-0.4, -0.2) is 19.4 Å². The van der Waals surface area contributed by atoms with E-state index in [0.717, 1.165) is 16.4 Å². The van der Waals surface area contributed by atoms with E-state index in [1.54, 1.807) is 12.3 Å². The fourth-order valence-corrected chi connectivity index (χ4v) is 6.04. The van der Waals surface area contributed by atoms with Crippen LogP contribution < -0.4 is 10.0 Å². The third kappa shape index (κ3) is 4.11. The molecule has 1 saturated carbocycles. The molecule has 2 heterocycles. The SMILES string of the molecule is O=S(=O)(NCc1nccs1)c1cc(CNC2CC2)sc1Br. The second-order valence-corrected chi connectivity index (χ2v) is 9.93. The fraction of sp³-hybridized carbons (Fsp3) is 0.417. The van der Waals surface area contributed by atoms with Gasteiger partial charge in [0.2, 0.25) is 10.0 Å². The van der Waals surface area contributed by atoms with Gasteiger partial charge in [-0.3, -0.25) is 0 Å². The highest BCUT2D eigenvalue weighted by molar-refractivity contribution is 9.11. The summed E-state index contributed by atoms with van der Waals surface area (Å²) in [6.07, 6.45) is 4.09. The van der Waals surface area contributed by atoms with Crippen LogP contribution in [0.1, 0.15) is 22.7 Å². The van der Waals surface area contributed by atoms with Gasteiger partial charge in [-0.25, -0.2) is 18.1 Å². The highest BCUT2D eigenvalue weighted by Gasteiger charge is 2.23. The van der Waals surface area contributed by atoms with Gasteiger partial charge in [-0.15, -0.1) is 22.7 Å². The average Bonchev–Trinajstić information content (AvgIpc) is 2.97. The summed E-state index contributed by atoms with van der Waals surface area (Å²) in [5, 5.41) is 5.96. The van der Waals surface area contributed by atoms with Crippen molar-refractivity contribution in [1.82, 2.24) is 15.0 Å². The fourth-order valence-electron chi connectivity index (χ4n) is 1.78. The molecule has 0 unspecified atom stereocenters. The Bertz CT molecular complexity index is 708. The van der Waals surface area contributed by atoms with E-state index in [-0.39, 0.29) is 6.54 Å². The van der Waals surface area contributed by atoms with Crippen molar-refractivity contribution in [3.8, 4) is 0 Å². The zero-order valence-corrected chi connectivity index (χ0v) is 15.0. The number of rotatable bonds is 7. The largest absolute Gasteiger partial charge is 0.309 e. The van der Waals surface area contributed by atoms with Crippen LogP contribution in [0.25, 0.3) is 0 Å². The third-order valence-electron chi connectivity index (χ3n) is 3.04. The van der Waals surface area contributed by atoms with Crippen LogP contribution in [0.2, 0.25) is 0 Å². The molecule has 0 atom stereocenters. The van der Waals surface area contributed by atoms with Gasteiger partial charge in [-0.05, 0) is 34.8 Å². The summed E-state index contributed by atoms with van der Waals surface area (Å²) in [5.74, 6) is 0. The molecule has 2 aromatic rings. The first kappa shape index (κ1) is 15.6. The number of nitrogens with one attached hydrogen (secondary N) is 2. The van der Waals surface area contributed by atoms with Crippen molar-refractivity contribution in [1.29, 1.82) is 0 Å². The number of hydrogen-bond donors (Lipinski definition) is 2. The first-order valence-corrected chi connectivity index (χ1v) is 10.4. The monoisotopic (exact) mass is 407 g/mol. The van der Waals surface area contributed by atoms with E-state index in [1.165, 1.54) is 35.5 Å². The van der Waals surface area contributed by atoms with Gasteiger partial charge < -0.3 is 5.32 Å². The Morgan fingerprint density at radius 1 is 1.38 bits per heavy atom. The highest BCUT2D eigenvalue weighted by atomic mass is 79.9. The Kier molecular flexibility index (Phi) is 4.77. The van der Waals surface area contributed by atoms with Crippen molar-refractivity contribution < 1.29 is 8.42 Å². The maximum Gasteiger partial charge on any atom is 0.242 e. The summed E-state index contributed by atoms with van der Waals surface area (Å²) in [6, 6.07) is 2.34. The molecule has 0 spiro atoms. The van der Waals surface area contributed by atoms with Gasteiger partial charge in [0.1, 0.15) is 9.90 Å². The molecule has 0 aromatic carbocycles. The van der Waals surface area contributed by atoms with Crippen LogP contribution in [0.3, 0.4) is 0 Å². The number of hydrogen-bond acceptors (Lipinski definition) is 6. The van der Waals surface area contributed by atoms with E-state index >= 15 is 0 Å². The quantitative estimate of drug-likeness (QED) is 0.739. The summed E-state index contributed by atoms with van der Waals surface area (Å²) in [6.45, 7) is 0.938. The minimum Gasteiger partial charge on any atom is -0.309 e. The van der Waals surface area contributed by atoms with Gasteiger partial charge in [0.25, 0.3) is 0 Å². The van der Waals surface area contributed by atoms with Crippen LogP contribution in [-0.2, 0) is 23.1 Å². The lowest BCUT2D eigenvalue weighted by Gasteiger charge is -2.03. The summed E-state index contributed by atoms with van der Waals surface area (Å²) in [5.41, 5.74) is 0. The molecule has 2 aromatic heterocycles. The first-order chi connectivity index (χ1) is 10.0. The molecule has 2 N–H and O–H groups in total. The molecule has 1 aliphatic carbocycles. The van der Waals surface area contributed by atoms with E-state index in [9.17, 15) is 8.42 Å². The molecule has 0 amide bonds. The lowest BCUT2D eigenvalue weighted by Crippen LogP contribution is -2.23. The number of thiophene rings is 1. The Balaban J connectivity index is 1.68. The maximum absolute atomic E-state index is 12.3. The number of nitrogens with zero attached hydrogens (tertiary/aromatic N) is 1. The normalized spacial score (nSPS) is 15.5. The highest BCUT2D eigenvalue weighted by Crippen LogP contribution is 2.32. The van der Waals surface area contributed by atoms with Gasteiger partial charge in [0.05, 0.1) is 10.3 Å². The number of thiazole rings is 1. The third-order valence-corrected chi connectivity index (χ3v) is 7.47. The molecule has 3 rings (SSSR count). The van der Waals surface area contributed by atoms with E-state index in [0.29, 0.717) is 14.7 Å². The lowest BCUT2D eigenvalue weighted by atomic mass is 10.4. The lowest BCUT2D eigenvalue weighted by molar-refractivity contribution is 0.581. The minimum absolute atomic E-state index is 0.220. The van der Waals surface area contributed by atoms with Crippen molar-refractivity contribution in [2.75, 3.05) is 0 Å². The second kappa shape index (κ2) is 6.43. The molecule has 1 aliphatic rings. The average molecular weight is 408 g/mol. The molecule has 0 bridgehead atoms. The van der Waals surface area contributed by atoms with Gasteiger partial charge in [-0.1, -0.05) is 0 Å². The van der Waals surface area contributed by atoms with Crippen LogP contribution in [0.4, 0.5) is 0 Å². The molecule has 0 saturated heterocycles. The molecule has 9 heteroatoms. The predicted octanol–water partition coefficient (Wildman–Crippen LogP) is 2.70. The Labute approximate surface area is 140 Å². The molecule has 1 fully saturated rings. The van der Waals surface area contributed by atoms with Crippen LogP contribution in [0.5, 0.6) is 0 Å². The van der Waals surface area contributed by atoms with Gasteiger partial charge >= 0.3 is 0 Å². The summed E-state index contributed by atoms with van der Waals surface area (Å²) in [4.78, 5) is 5.39. The molecule has 0 radical (unpaired) electrons. The van der Waals surface area contributed by atoms with Gasteiger partial charge in [-0.2, -0.15) is 0 Å². The van der Waals surface area contributed by atoms with Crippen molar-refractivity contribution >= 4 is 48.6 Å². The predicted molar refractivity (Wildman–Crippen MR) is 88.0 cm³/mol. The molecule has 21 heavy (non-hydrogen) atoms. The zero-order valence-electron chi connectivity index (χ0n) is 11.0. The number of halogens is 1. The summed E-state index contributed by atoms with van der Waals surface area (Å²) < 4.78 is 27.9. The topological polar surface area (TPSA) is 71.1 Å². The first-order valence-electron chi connectivity index (χ1n) is 6.44. The smallest absolute Gasteiger partial charge is 0.242 e. The van der Waals surface area contributed by atoms with Gasteiger partial charge in [0.15, 0.2) is 0 Å². The molecule has 0 aliphatic heterocycles. The van der Waals surface area contributed by atoms with Crippen LogP contribution in [0, 0.1) is 0 Å². The Morgan fingerprint density at radius 2 is 2.19 bits per heavy atom. The van der Waals surface area contributed by atoms with Crippen molar-refractivity contribution in [2.24, 2.45) is 0 Å². The standard InChI is InChI=1S/C12H14BrN3O2S3/c13-12-10(5-9(20-12)6-15-8-1-2-8)21(17,18)16-7-11-14-3-4-19-11/h3-5,8,15-16H,1-2,6-7H2. The van der Waals surface area contributed by atoms with Crippen LogP contribution in [0.15, 0.2) is 26.3 Å². The van der Waals surface area contributed by atoms with Crippen LogP contribution >= 0.6 is 38.6 Å². The number of sulfonamides is 1. The van der Waals surface area contributed by atoms with E-state index in [4.69, 9.17) is 0 Å². The van der Waals surface area contributed by atoms with Crippen molar-refractivity contribution in [3.63, 3.8) is 0 Å². The maximum atomic E-state index is 12.3. The van der Waals surface area contributed by atoms with E-state index < -0.39 is 10.0 Å². The minimum atomic E-state index is -3.52. The summed E-state index contributed by atoms with van der Waals surface area (Å²) in [7, 11) is -3.52. The van der Waals surface area contributed by atoms with E-state index in [2.05, 4.69) is 31.0 Å². The molecular formula is C12H14BrN3O2S3.